The van der Waals surface area contributed by atoms with Crippen LogP contribution < -0.4 is 5.32 Å². The lowest BCUT2D eigenvalue weighted by molar-refractivity contribution is -0.120. The van der Waals surface area contributed by atoms with Crippen molar-refractivity contribution < 1.29 is 23.9 Å². The highest BCUT2D eigenvalue weighted by atomic mass is 35.5. The molecule has 0 radical (unpaired) electrons. The van der Waals surface area contributed by atoms with Crippen molar-refractivity contribution in [2.45, 2.75) is 33.2 Å². The van der Waals surface area contributed by atoms with Crippen molar-refractivity contribution in [1.82, 2.24) is 4.90 Å². The number of nitrogens with zero attached hydrogens (tertiary/aromatic N) is 1. The van der Waals surface area contributed by atoms with Crippen LogP contribution in [0.5, 0.6) is 0 Å². The molecule has 2 aromatic carbocycles. The average Bonchev–Trinajstić information content (AvgIpc) is 3.30. The molecule has 1 unspecified atom stereocenters. The van der Waals surface area contributed by atoms with E-state index in [9.17, 15) is 19.2 Å². The van der Waals surface area contributed by atoms with Gasteiger partial charge < -0.3 is 10.1 Å². The molecule has 3 amide bonds. The minimum absolute atomic E-state index is 0.0113. The Kier molecular flexibility index (Phi) is 7.28. The van der Waals surface area contributed by atoms with Crippen LogP contribution in [0.1, 0.15) is 56.2 Å². The summed E-state index contributed by atoms with van der Waals surface area (Å²) in [6.45, 7) is 5.65. The Morgan fingerprint density at radius 1 is 1.06 bits per heavy atom. The number of ether oxygens (including phenoxy) is 1. The third-order valence-electron chi connectivity index (χ3n) is 5.96. The molecule has 9 heteroatoms. The monoisotopic (exact) mass is 524 g/mol. The van der Waals surface area contributed by atoms with Crippen LogP contribution in [-0.2, 0) is 9.53 Å². The highest BCUT2D eigenvalue weighted by Crippen LogP contribution is 2.41. The van der Waals surface area contributed by atoms with Gasteiger partial charge in [-0.05, 0) is 49.1 Å². The van der Waals surface area contributed by atoms with Gasteiger partial charge in [-0.1, -0.05) is 49.7 Å². The first-order chi connectivity index (χ1) is 17.1. The van der Waals surface area contributed by atoms with Crippen molar-refractivity contribution in [3.05, 3.63) is 75.1 Å². The second-order valence-electron chi connectivity index (χ2n) is 8.90. The topological polar surface area (TPSA) is 92.8 Å². The van der Waals surface area contributed by atoms with Gasteiger partial charge in [-0.3, -0.25) is 19.3 Å². The summed E-state index contributed by atoms with van der Waals surface area (Å²) in [6.07, 6.45) is 0.260. The van der Waals surface area contributed by atoms with Crippen molar-refractivity contribution in [2.75, 3.05) is 12.4 Å². The maximum absolute atomic E-state index is 13.6. The first kappa shape index (κ1) is 25.6. The molecular weight excluding hydrogens is 500 g/mol. The molecule has 7 nitrogen and oxygen atoms in total. The molecular formula is C27H25ClN2O5S. The van der Waals surface area contributed by atoms with Gasteiger partial charge in [0.05, 0.1) is 18.2 Å². The van der Waals surface area contributed by atoms with Crippen molar-refractivity contribution in [2.24, 2.45) is 5.92 Å². The third-order valence-corrected chi connectivity index (χ3v) is 7.21. The van der Waals surface area contributed by atoms with Crippen molar-refractivity contribution in [3.8, 4) is 11.1 Å². The first-order valence-corrected chi connectivity index (χ1v) is 12.6. The molecule has 2 heterocycles. The number of imide groups is 1. The van der Waals surface area contributed by atoms with E-state index in [0.29, 0.717) is 16.1 Å². The van der Waals surface area contributed by atoms with Crippen LogP contribution in [0.2, 0.25) is 5.02 Å². The number of hydrogen-bond acceptors (Lipinski definition) is 6. The Morgan fingerprint density at radius 3 is 2.25 bits per heavy atom. The van der Waals surface area contributed by atoms with Crippen LogP contribution in [0.3, 0.4) is 0 Å². The van der Waals surface area contributed by atoms with Gasteiger partial charge >= 0.3 is 5.97 Å². The van der Waals surface area contributed by atoms with Gasteiger partial charge in [0.15, 0.2) is 0 Å². The SMILES string of the molecule is COC(=O)c1c(NC(=O)C(CC(C)C)N2C(=O)c3ccccc3C2=O)sc(C)c1-c1cccc(Cl)c1. The number of thiophene rings is 1. The normalized spacial score (nSPS) is 13.7. The third kappa shape index (κ3) is 4.66. The fraction of sp³-hybridized carbons (Fsp3) is 0.259. The van der Waals surface area contributed by atoms with Crippen molar-refractivity contribution in [1.29, 1.82) is 0 Å². The van der Waals surface area contributed by atoms with E-state index in [2.05, 4.69) is 5.32 Å². The molecule has 36 heavy (non-hydrogen) atoms. The van der Waals surface area contributed by atoms with Crippen LogP contribution in [0.4, 0.5) is 5.00 Å². The van der Waals surface area contributed by atoms with Gasteiger partial charge in [0.25, 0.3) is 11.8 Å². The molecule has 1 aromatic heterocycles. The van der Waals surface area contributed by atoms with E-state index in [1.165, 1.54) is 18.4 Å². The van der Waals surface area contributed by atoms with Gasteiger partial charge in [0, 0.05) is 15.5 Å². The lowest BCUT2D eigenvalue weighted by Gasteiger charge is -2.26. The molecule has 1 aliphatic rings. The van der Waals surface area contributed by atoms with Crippen LogP contribution in [0, 0.1) is 12.8 Å². The van der Waals surface area contributed by atoms with Crippen LogP contribution in [0.15, 0.2) is 48.5 Å². The number of amides is 3. The quantitative estimate of drug-likeness (QED) is 0.311. The van der Waals surface area contributed by atoms with Crippen LogP contribution in [-0.4, -0.2) is 41.7 Å². The molecule has 0 spiro atoms. The zero-order valence-corrected chi connectivity index (χ0v) is 21.8. The molecule has 1 atom stereocenters. The standard InChI is InChI=1S/C27H25ClN2O5S/c1-14(2)12-20(30-25(32)18-10-5-6-11-19(18)26(30)33)23(31)29-24-22(27(34)35-4)21(15(3)36-24)16-8-7-9-17(28)13-16/h5-11,13-14,20H,12H2,1-4H3,(H,29,31). The van der Waals surface area contributed by atoms with E-state index in [1.54, 1.807) is 42.5 Å². The lowest BCUT2D eigenvalue weighted by Crippen LogP contribution is -2.48. The Bertz CT molecular complexity index is 1350. The molecule has 0 saturated carbocycles. The summed E-state index contributed by atoms with van der Waals surface area (Å²) in [4.78, 5) is 54.5. The zero-order valence-electron chi connectivity index (χ0n) is 20.3. The van der Waals surface area contributed by atoms with E-state index in [0.717, 1.165) is 9.78 Å². The minimum Gasteiger partial charge on any atom is -0.465 e. The van der Waals surface area contributed by atoms with Crippen molar-refractivity contribution >= 4 is 51.6 Å². The van der Waals surface area contributed by atoms with E-state index < -0.39 is 29.7 Å². The lowest BCUT2D eigenvalue weighted by atomic mass is 10.0. The first-order valence-electron chi connectivity index (χ1n) is 11.4. The molecule has 1 N–H and O–H groups in total. The number of carbonyl (C=O) groups excluding carboxylic acids is 4. The number of benzene rings is 2. The highest BCUT2D eigenvalue weighted by Gasteiger charge is 2.43. The van der Waals surface area contributed by atoms with E-state index in [1.807, 2.05) is 26.8 Å². The smallest absolute Gasteiger partial charge is 0.341 e. The predicted molar refractivity (Wildman–Crippen MR) is 140 cm³/mol. The van der Waals surface area contributed by atoms with Gasteiger partial charge in [-0.25, -0.2) is 4.79 Å². The number of methoxy groups -OCH3 is 1. The molecule has 0 bridgehead atoms. The molecule has 186 valence electrons. The van der Waals surface area contributed by atoms with Gasteiger partial charge in [-0.2, -0.15) is 0 Å². The average molecular weight is 525 g/mol. The Balaban J connectivity index is 1.74. The number of fused-ring (bicyclic) bond motifs is 1. The molecule has 0 fully saturated rings. The summed E-state index contributed by atoms with van der Waals surface area (Å²) in [5.74, 6) is -2.18. The number of rotatable bonds is 7. The summed E-state index contributed by atoms with van der Waals surface area (Å²) >= 11 is 7.40. The number of nitrogens with one attached hydrogen (secondary N) is 1. The maximum Gasteiger partial charge on any atom is 0.341 e. The van der Waals surface area contributed by atoms with E-state index in [4.69, 9.17) is 16.3 Å². The number of esters is 1. The van der Waals surface area contributed by atoms with Gasteiger partial charge in [-0.15, -0.1) is 11.3 Å². The Labute approximate surface area is 218 Å². The molecule has 3 aromatic rings. The Morgan fingerprint density at radius 2 is 1.69 bits per heavy atom. The van der Waals surface area contributed by atoms with Gasteiger partial charge in [0.1, 0.15) is 16.6 Å². The highest BCUT2D eigenvalue weighted by molar-refractivity contribution is 7.17. The summed E-state index contributed by atoms with van der Waals surface area (Å²) in [5.41, 5.74) is 2.05. The van der Waals surface area contributed by atoms with Crippen LogP contribution >= 0.6 is 22.9 Å². The fourth-order valence-electron chi connectivity index (χ4n) is 4.38. The van der Waals surface area contributed by atoms with Crippen molar-refractivity contribution in [3.63, 3.8) is 0 Å². The number of carbonyl (C=O) groups is 4. The second-order valence-corrected chi connectivity index (χ2v) is 10.6. The summed E-state index contributed by atoms with van der Waals surface area (Å²) in [5, 5.41) is 3.61. The number of anilines is 1. The summed E-state index contributed by atoms with van der Waals surface area (Å²) in [7, 11) is 1.27. The van der Waals surface area contributed by atoms with E-state index >= 15 is 0 Å². The fourth-order valence-corrected chi connectivity index (χ4v) is 5.64. The summed E-state index contributed by atoms with van der Waals surface area (Å²) in [6, 6.07) is 12.5. The zero-order chi connectivity index (χ0) is 26.1. The molecule has 4 rings (SSSR count). The molecule has 1 aliphatic heterocycles. The molecule has 0 saturated heterocycles. The summed E-state index contributed by atoms with van der Waals surface area (Å²) < 4.78 is 5.03. The van der Waals surface area contributed by atoms with Crippen LogP contribution in [0.25, 0.3) is 11.1 Å². The number of aryl methyl sites for hydroxylation is 1. The molecule has 0 aliphatic carbocycles. The minimum atomic E-state index is -1.06. The maximum atomic E-state index is 13.6. The van der Waals surface area contributed by atoms with E-state index in [-0.39, 0.29) is 34.0 Å². The predicted octanol–water partition coefficient (Wildman–Crippen LogP) is 5.81. The Hall–Kier alpha value is -3.49. The van der Waals surface area contributed by atoms with Gasteiger partial charge in [0.2, 0.25) is 5.91 Å². The second kappa shape index (κ2) is 10.2. The largest absolute Gasteiger partial charge is 0.465 e. The number of hydrogen-bond donors (Lipinski definition) is 1. The number of halogens is 1.